The molecule has 7 nitrogen and oxygen atoms in total. The Morgan fingerprint density at radius 2 is 1.54 bits per heavy atom. The van der Waals surface area contributed by atoms with Crippen LogP contribution in [0.5, 0.6) is 5.75 Å². The summed E-state index contributed by atoms with van der Waals surface area (Å²) in [7, 11) is -4.10. The Balaban J connectivity index is 2.32. The SMILES string of the molecule is NC(=O)C(CS(N)(=O)=O)(OCc1ccccc1)Oc1ccccc1. The highest BCUT2D eigenvalue weighted by atomic mass is 32.2. The number of primary sulfonamides is 1. The van der Waals surface area contributed by atoms with Gasteiger partial charge in [0.1, 0.15) is 11.5 Å². The maximum atomic E-state index is 12.0. The molecular formula is C16H18N2O5S. The number of sulfonamides is 1. The van der Waals surface area contributed by atoms with E-state index in [9.17, 15) is 13.2 Å². The first-order chi connectivity index (χ1) is 11.3. The van der Waals surface area contributed by atoms with Gasteiger partial charge >= 0.3 is 5.79 Å². The van der Waals surface area contributed by atoms with E-state index in [4.69, 9.17) is 20.3 Å². The summed E-state index contributed by atoms with van der Waals surface area (Å²) in [6, 6.07) is 17.0. The van der Waals surface area contributed by atoms with Crippen LogP contribution < -0.4 is 15.6 Å². The second kappa shape index (κ2) is 7.43. The van der Waals surface area contributed by atoms with Gasteiger partial charge in [-0.2, -0.15) is 0 Å². The van der Waals surface area contributed by atoms with E-state index in [1.54, 1.807) is 54.6 Å². The maximum Gasteiger partial charge on any atom is 0.306 e. The van der Waals surface area contributed by atoms with Crippen LogP contribution in [0.3, 0.4) is 0 Å². The summed E-state index contributed by atoms with van der Waals surface area (Å²) in [6.07, 6.45) is 0. The van der Waals surface area contributed by atoms with Gasteiger partial charge < -0.3 is 15.2 Å². The van der Waals surface area contributed by atoms with Crippen molar-refractivity contribution in [2.45, 2.75) is 12.4 Å². The predicted molar refractivity (Wildman–Crippen MR) is 88.2 cm³/mol. The first-order valence-electron chi connectivity index (χ1n) is 7.03. The van der Waals surface area contributed by atoms with Crippen molar-refractivity contribution in [2.75, 3.05) is 5.75 Å². The summed E-state index contributed by atoms with van der Waals surface area (Å²) < 4.78 is 34.1. The third kappa shape index (κ3) is 5.05. The van der Waals surface area contributed by atoms with Crippen LogP contribution >= 0.6 is 0 Å². The van der Waals surface area contributed by atoms with Crippen molar-refractivity contribution in [1.29, 1.82) is 0 Å². The van der Waals surface area contributed by atoms with Crippen molar-refractivity contribution in [2.24, 2.45) is 10.9 Å². The Bertz CT molecular complexity index is 781. The molecule has 0 aliphatic heterocycles. The minimum Gasteiger partial charge on any atom is -0.452 e. The summed E-state index contributed by atoms with van der Waals surface area (Å²) in [4.78, 5) is 12.0. The Hall–Kier alpha value is -2.42. The van der Waals surface area contributed by atoms with Gasteiger partial charge in [-0.15, -0.1) is 0 Å². The third-order valence-electron chi connectivity index (χ3n) is 3.11. The van der Waals surface area contributed by atoms with Gasteiger partial charge in [-0.3, -0.25) is 4.79 Å². The smallest absolute Gasteiger partial charge is 0.306 e. The van der Waals surface area contributed by atoms with Crippen molar-refractivity contribution in [3.63, 3.8) is 0 Å². The number of rotatable bonds is 8. The topological polar surface area (TPSA) is 122 Å². The molecule has 2 aromatic carbocycles. The van der Waals surface area contributed by atoms with E-state index in [0.29, 0.717) is 5.56 Å². The molecular weight excluding hydrogens is 332 g/mol. The summed E-state index contributed by atoms with van der Waals surface area (Å²) in [6.45, 7) is -0.0772. The van der Waals surface area contributed by atoms with Crippen LogP contribution in [0.25, 0.3) is 0 Å². The fraction of sp³-hybridized carbons (Fsp3) is 0.188. The Morgan fingerprint density at radius 1 is 1.00 bits per heavy atom. The number of benzene rings is 2. The standard InChI is InChI=1S/C16H18N2O5S/c17-15(19)16(12-24(18,20)21,23-14-9-5-2-6-10-14)22-11-13-7-3-1-4-8-13/h1-10H,11-12H2,(H2,17,19)(H2,18,20,21). The van der Waals surface area contributed by atoms with E-state index >= 15 is 0 Å². The Morgan fingerprint density at radius 3 is 2.04 bits per heavy atom. The Labute approximate surface area is 140 Å². The summed E-state index contributed by atoms with van der Waals surface area (Å²) in [5.41, 5.74) is 6.10. The lowest BCUT2D eigenvalue weighted by atomic mass is 10.2. The number of hydrogen-bond donors (Lipinski definition) is 2. The minimum absolute atomic E-state index is 0.0772. The van der Waals surface area contributed by atoms with Gasteiger partial charge in [0.2, 0.25) is 10.0 Å². The lowest BCUT2D eigenvalue weighted by Gasteiger charge is -2.30. The number of carbonyl (C=O) groups is 1. The Kier molecular flexibility index (Phi) is 5.55. The number of carbonyl (C=O) groups excluding carboxylic acids is 1. The van der Waals surface area contributed by atoms with Crippen molar-refractivity contribution in [3.05, 3.63) is 66.2 Å². The van der Waals surface area contributed by atoms with Gasteiger partial charge in [0.15, 0.2) is 0 Å². The zero-order valence-electron chi connectivity index (χ0n) is 12.8. The zero-order valence-corrected chi connectivity index (χ0v) is 13.6. The molecule has 2 aromatic rings. The molecule has 0 fully saturated rings. The molecule has 0 saturated heterocycles. The highest BCUT2D eigenvalue weighted by Gasteiger charge is 2.44. The third-order valence-corrected chi connectivity index (χ3v) is 3.89. The molecule has 1 amide bonds. The van der Waals surface area contributed by atoms with Crippen LogP contribution in [0, 0.1) is 0 Å². The van der Waals surface area contributed by atoms with Gasteiger partial charge in [-0.05, 0) is 17.7 Å². The molecule has 1 unspecified atom stereocenters. The molecule has 0 aromatic heterocycles. The number of para-hydroxylation sites is 1. The first kappa shape index (κ1) is 17.9. The van der Waals surface area contributed by atoms with E-state index < -0.39 is 27.5 Å². The lowest BCUT2D eigenvalue weighted by Crippen LogP contribution is -2.56. The largest absolute Gasteiger partial charge is 0.452 e. The summed E-state index contributed by atoms with van der Waals surface area (Å²) >= 11 is 0. The molecule has 24 heavy (non-hydrogen) atoms. The van der Waals surface area contributed by atoms with Crippen LogP contribution in [0.4, 0.5) is 0 Å². The highest BCUT2D eigenvalue weighted by Crippen LogP contribution is 2.22. The second-order valence-electron chi connectivity index (χ2n) is 5.11. The molecule has 4 N–H and O–H groups in total. The van der Waals surface area contributed by atoms with Crippen molar-refractivity contribution in [1.82, 2.24) is 0 Å². The van der Waals surface area contributed by atoms with E-state index in [2.05, 4.69) is 0 Å². The van der Waals surface area contributed by atoms with Crippen LogP contribution in [0.2, 0.25) is 0 Å². The number of amides is 1. The number of primary amides is 1. The molecule has 0 saturated carbocycles. The fourth-order valence-electron chi connectivity index (χ4n) is 2.01. The molecule has 128 valence electrons. The molecule has 0 heterocycles. The normalized spacial score (nSPS) is 13.9. The fourth-order valence-corrected chi connectivity index (χ4v) is 2.83. The number of hydrogen-bond acceptors (Lipinski definition) is 5. The molecule has 0 radical (unpaired) electrons. The van der Waals surface area contributed by atoms with E-state index in [-0.39, 0.29) is 12.4 Å². The van der Waals surface area contributed by atoms with Crippen LogP contribution in [-0.2, 0) is 26.2 Å². The van der Waals surface area contributed by atoms with Crippen molar-refractivity contribution >= 4 is 15.9 Å². The molecule has 0 aliphatic carbocycles. The monoisotopic (exact) mass is 350 g/mol. The molecule has 0 bridgehead atoms. The molecule has 8 heteroatoms. The number of ether oxygens (including phenoxy) is 2. The zero-order chi connectivity index (χ0) is 17.6. The van der Waals surface area contributed by atoms with E-state index in [1.165, 1.54) is 0 Å². The first-order valence-corrected chi connectivity index (χ1v) is 8.75. The molecule has 0 aliphatic rings. The van der Waals surface area contributed by atoms with Crippen LogP contribution in [0.15, 0.2) is 60.7 Å². The van der Waals surface area contributed by atoms with E-state index in [0.717, 1.165) is 0 Å². The average Bonchev–Trinajstić information content (AvgIpc) is 2.53. The average molecular weight is 350 g/mol. The predicted octanol–water partition coefficient (Wildman–Crippen LogP) is 0.752. The van der Waals surface area contributed by atoms with Crippen LogP contribution in [0.1, 0.15) is 5.56 Å². The van der Waals surface area contributed by atoms with Gasteiger partial charge in [-0.1, -0.05) is 48.5 Å². The van der Waals surface area contributed by atoms with Crippen molar-refractivity contribution < 1.29 is 22.7 Å². The maximum absolute atomic E-state index is 12.0. The highest BCUT2D eigenvalue weighted by molar-refractivity contribution is 7.89. The quantitative estimate of drug-likeness (QED) is 0.680. The van der Waals surface area contributed by atoms with Gasteiger partial charge in [0.05, 0.1) is 6.61 Å². The van der Waals surface area contributed by atoms with Gasteiger partial charge in [-0.25, -0.2) is 13.6 Å². The summed E-state index contributed by atoms with van der Waals surface area (Å²) in [5.74, 6) is -3.99. The number of nitrogens with two attached hydrogens (primary N) is 2. The van der Waals surface area contributed by atoms with Crippen molar-refractivity contribution in [3.8, 4) is 5.75 Å². The lowest BCUT2D eigenvalue weighted by molar-refractivity contribution is -0.187. The van der Waals surface area contributed by atoms with Crippen LogP contribution in [-0.4, -0.2) is 25.9 Å². The van der Waals surface area contributed by atoms with E-state index in [1.807, 2.05) is 6.07 Å². The second-order valence-corrected chi connectivity index (χ2v) is 6.73. The van der Waals surface area contributed by atoms with Gasteiger partial charge in [0, 0.05) is 0 Å². The molecule has 1 atom stereocenters. The minimum atomic E-state index is -4.10. The summed E-state index contributed by atoms with van der Waals surface area (Å²) in [5, 5.41) is 5.09. The molecule has 2 rings (SSSR count). The van der Waals surface area contributed by atoms with Gasteiger partial charge in [0.25, 0.3) is 5.91 Å². The molecule has 0 spiro atoms.